The second-order valence-electron chi connectivity index (χ2n) is 7.57. The van der Waals surface area contributed by atoms with Crippen LogP contribution in [0.15, 0.2) is 54.9 Å². The first-order valence-electron chi connectivity index (χ1n) is 9.99. The fourth-order valence-corrected chi connectivity index (χ4v) is 4.02. The summed E-state index contributed by atoms with van der Waals surface area (Å²) in [5.74, 6) is 0.0474. The molecule has 0 radical (unpaired) electrons. The zero-order valence-corrected chi connectivity index (χ0v) is 16.3. The molecule has 148 valence electrons. The van der Waals surface area contributed by atoms with Crippen molar-refractivity contribution >= 4 is 22.7 Å². The minimum atomic E-state index is -0.282. The van der Waals surface area contributed by atoms with Gasteiger partial charge in [0.2, 0.25) is 5.91 Å². The predicted octanol–water partition coefficient (Wildman–Crippen LogP) is 3.41. The zero-order valence-electron chi connectivity index (χ0n) is 16.3. The highest BCUT2D eigenvalue weighted by molar-refractivity contribution is 6.07. The van der Waals surface area contributed by atoms with Crippen molar-refractivity contribution in [1.29, 1.82) is 0 Å². The van der Waals surface area contributed by atoms with Crippen LogP contribution in [0.3, 0.4) is 0 Å². The Bertz CT molecular complexity index is 1040. The van der Waals surface area contributed by atoms with Crippen LogP contribution in [0.5, 0.6) is 0 Å². The van der Waals surface area contributed by atoms with Gasteiger partial charge in [-0.1, -0.05) is 18.2 Å². The summed E-state index contributed by atoms with van der Waals surface area (Å²) < 4.78 is 0. The maximum Gasteiger partial charge on any atom is 0.254 e. The number of amides is 2. The number of carbonyl (C=O) groups is 2. The van der Waals surface area contributed by atoms with Crippen molar-refractivity contribution in [1.82, 2.24) is 14.9 Å². The molecule has 1 fully saturated rings. The summed E-state index contributed by atoms with van der Waals surface area (Å²) in [7, 11) is 0. The van der Waals surface area contributed by atoms with E-state index in [0.29, 0.717) is 24.4 Å². The molecule has 1 atom stereocenters. The van der Waals surface area contributed by atoms with Crippen LogP contribution in [0.25, 0.3) is 22.2 Å². The molecule has 4 rings (SSSR count). The highest BCUT2D eigenvalue weighted by Gasteiger charge is 2.26. The van der Waals surface area contributed by atoms with Gasteiger partial charge in [0.1, 0.15) is 0 Å². The Kier molecular flexibility index (Phi) is 5.51. The van der Waals surface area contributed by atoms with E-state index in [1.54, 1.807) is 12.4 Å². The van der Waals surface area contributed by atoms with E-state index in [-0.39, 0.29) is 11.8 Å². The lowest BCUT2D eigenvalue weighted by atomic mass is 9.92. The number of hydrogen-bond donors (Lipinski definition) is 1. The molecule has 0 aliphatic carbocycles. The first kappa shape index (κ1) is 19.1. The van der Waals surface area contributed by atoms with Crippen molar-refractivity contribution in [2.45, 2.75) is 25.7 Å². The molecule has 0 bridgehead atoms. The third-order valence-corrected chi connectivity index (χ3v) is 5.53. The molecule has 3 heterocycles. The van der Waals surface area contributed by atoms with Crippen molar-refractivity contribution in [3.8, 4) is 11.3 Å². The molecule has 0 saturated carbocycles. The molecule has 6 nitrogen and oxygen atoms in total. The molecule has 29 heavy (non-hydrogen) atoms. The lowest BCUT2D eigenvalue weighted by Crippen LogP contribution is -2.40. The van der Waals surface area contributed by atoms with Crippen molar-refractivity contribution in [3.05, 3.63) is 60.4 Å². The van der Waals surface area contributed by atoms with Gasteiger partial charge in [-0.15, -0.1) is 0 Å². The number of nitrogens with two attached hydrogens (primary N) is 1. The molecule has 2 amide bonds. The van der Waals surface area contributed by atoms with Gasteiger partial charge in [-0.2, -0.15) is 0 Å². The van der Waals surface area contributed by atoms with Crippen molar-refractivity contribution in [2.75, 3.05) is 13.1 Å². The summed E-state index contributed by atoms with van der Waals surface area (Å²) >= 11 is 0. The van der Waals surface area contributed by atoms with Gasteiger partial charge in [0, 0.05) is 42.9 Å². The van der Waals surface area contributed by atoms with Gasteiger partial charge in [-0.25, -0.2) is 4.98 Å². The first-order chi connectivity index (χ1) is 14.1. The maximum absolute atomic E-state index is 13.5. The highest BCUT2D eigenvalue weighted by Crippen LogP contribution is 2.28. The van der Waals surface area contributed by atoms with E-state index in [1.165, 1.54) is 0 Å². The first-order valence-corrected chi connectivity index (χ1v) is 9.99. The van der Waals surface area contributed by atoms with Gasteiger partial charge in [-0.3, -0.25) is 14.6 Å². The molecule has 1 aliphatic heterocycles. The summed E-state index contributed by atoms with van der Waals surface area (Å²) in [5, 5.41) is 0.856. The Morgan fingerprint density at radius 2 is 1.93 bits per heavy atom. The Balaban J connectivity index is 1.67. The average Bonchev–Trinajstić information content (AvgIpc) is 2.77. The Labute approximate surface area is 169 Å². The van der Waals surface area contributed by atoms with Gasteiger partial charge in [-0.05, 0) is 49.4 Å². The number of fused-ring (bicyclic) bond motifs is 1. The van der Waals surface area contributed by atoms with E-state index < -0.39 is 0 Å². The number of pyridine rings is 2. The maximum atomic E-state index is 13.5. The van der Waals surface area contributed by atoms with E-state index in [2.05, 4.69) is 4.98 Å². The number of nitrogens with zero attached hydrogens (tertiary/aromatic N) is 3. The molecule has 1 saturated heterocycles. The molecule has 1 aromatic carbocycles. The van der Waals surface area contributed by atoms with E-state index in [0.717, 1.165) is 48.0 Å². The number of para-hydroxylation sites is 1. The number of likely N-dealkylation sites (tertiary alicyclic amines) is 1. The van der Waals surface area contributed by atoms with Crippen LogP contribution in [-0.2, 0) is 4.79 Å². The third kappa shape index (κ3) is 4.26. The van der Waals surface area contributed by atoms with Crippen LogP contribution >= 0.6 is 0 Å². The normalized spacial score (nSPS) is 16.7. The second kappa shape index (κ2) is 8.39. The standard InChI is InChI=1S/C23H24N4O2/c24-22(28)8-7-16-4-3-13-27(15-16)23(29)19-14-21(17-9-11-25-12-10-17)26-20-6-2-1-5-18(19)20/h1-2,5-6,9-12,14,16H,3-4,7-8,13,15H2,(H2,24,28). The summed E-state index contributed by atoms with van der Waals surface area (Å²) in [6.45, 7) is 1.39. The topological polar surface area (TPSA) is 89.2 Å². The van der Waals surface area contributed by atoms with Crippen molar-refractivity contribution < 1.29 is 9.59 Å². The van der Waals surface area contributed by atoms with Crippen LogP contribution < -0.4 is 5.73 Å². The van der Waals surface area contributed by atoms with Gasteiger partial charge in [0.05, 0.1) is 16.8 Å². The van der Waals surface area contributed by atoms with Crippen LogP contribution in [-0.4, -0.2) is 39.8 Å². The Morgan fingerprint density at radius 3 is 2.72 bits per heavy atom. The minimum Gasteiger partial charge on any atom is -0.370 e. The van der Waals surface area contributed by atoms with E-state index in [4.69, 9.17) is 10.7 Å². The highest BCUT2D eigenvalue weighted by atomic mass is 16.2. The molecule has 0 spiro atoms. The number of carbonyl (C=O) groups excluding carboxylic acids is 2. The van der Waals surface area contributed by atoms with Crippen LogP contribution in [0.1, 0.15) is 36.0 Å². The van der Waals surface area contributed by atoms with Gasteiger partial charge in [0.25, 0.3) is 5.91 Å². The molecule has 1 aliphatic rings. The number of hydrogen-bond acceptors (Lipinski definition) is 4. The molecular weight excluding hydrogens is 364 g/mol. The SMILES string of the molecule is NC(=O)CCC1CCCN(C(=O)c2cc(-c3ccncc3)nc3ccccc23)C1. The molecule has 2 N–H and O–H groups in total. The minimum absolute atomic E-state index is 0.0164. The van der Waals surface area contributed by atoms with Crippen molar-refractivity contribution in [2.24, 2.45) is 11.7 Å². The largest absolute Gasteiger partial charge is 0.370 e. The number of piperidine rings is 1. The summed E-state index contributed by atoms with van der Waals surface area (Å²) in [4.78, 5) is 35.3. The zero-order chi connectivity index (χ0) is 20.2. The summed E-state index contributed by atoms with van der Waals surface area (Å²) in [5.41, 5.74) is 8.45. The van der Waals surface area contributed by atoms with Crippen LogP contribution in [0.2, 0.25) is 0 Å². The Hall–Kier alpha value is -3.28. The fraction of sp³-hybridized carbons (Fsp3) is 0.304. The summed E-state index contributed by atoms with van der Waals surface area (Å²) in [6, 6.07) is 13.4. The lowest BCUT2D eigenvalue weighted by Gasteiger charge is -2.33. The van der Waals surface area contributed by atoms with Crippen molar-refractivity contribution in [3.63, 3.8) is 0 Å². The number of aromatic nitrogens is 2. The Morgan fingerprint density at radius 1 is 1.14 bits per heavy atom. The third-order valence-electron chi connectivity index (χ3n) is 5.53. The van der Waals surface area contributed by atoms with Crippen LogP contribution in [0, 0.1) is 5.92 Å². The van der Waals surface area contributed by atoms with Crippen LogP contribution in [0.4, 0.5) is 0 Å². The van der Waals surface area contributed by atoms with Gasteiger partial charge < -0.3 is 10.6 Å². The monoisotopic (exact) mass is 388 g/mol. The molecule has 1 unspecified atom stereocenters. The average molecular weight is 388 g/mol. The van der Waals surface area contributed by atoms with E-state index in [9.17, 15) is 9.59 Å². The number of rotatable bonds is 5. The fourth-order valence-electron chi connectivity index (χ4n) is 4.02. The molecule has 6 heteroatoms. The van der Waals surface area contributed by atoms with E-state index >= 15 is 0 Å². The second-order valence-corrected chi connectivity index (χ2v) is 7.57. The predicted molar refractivity (Wildman–Crippen MR) is 112 cm³/mol. The number of benzene rings is 1. The summed E-state index contributed by atoms with van der Waals surface area (Å²) in [6.07, 6.45) is 6.52. The molecular formula is C23H24N4O2. The van der Waals surface area contributed by atoms with E-state index in [1.807, 2.05) is 47.4 Å². The van der Waals surface area contributed by atoms with Gasteiger partial charge in [0.15, 0.2) is 0 Å². The molecule has 2 aromatic heterocycles. The number of primary amides is 1. The lowest BCUT2D eigenvalue weighted by molar-refractivity contribution is -0.118. The van der Waals surface area contributed by atoms with Gasteiger partial charge >= 0.3 is 0 Å². The molecule has 3 aromatic rings. The quantitative estimate of drug-likeness (QED) is 0.725. The smallest absolute Gasteiger partial charge is 0.254 e.